The third-order valence-electron chi connectivity index (χ3n) is 3.46. The maximum absolute atomic E-state index is 9.97. The van der Waals surface area contributed by atoms with Crippen LogP contribution in [0.3, 0.4) is 0 Å². The van der Waals surface area contributed by atoms with E-state index in [1.54, 1.807) is 0 Å². The van der Waals surface area contributed by atoms with E-state index in [0.29, 0.717) is 18.9 Å². The quantitative estimate of drug-likeness (QED) is 0.636. The van der Waals surface area contributed by atoms with Gasteiger partial charge < -0.3 is 15.7 Å². The lowest BCUT2D eigenvalue weighted by molar-refractivity contribution is 0.183. The van der Waals surface area contributed by atoms with Gasteiger partial charge in [-0.2, -0.15) is 0 Å². The van der Waals surface area contributed by atoms with Crippen molar-refractivity contribution in [2.75, 3.05) is 19.6 Å². The summed E-state index contributed by atoms with van der Waals surface area (Å²) in [7, 11) is 0. The minimum atomic E-state index is -0.467. The van der Waals surface area contributed by atoms with Crippen LogP contribution in [0.2, 0.25) is 0 Å². The van der Waals surface area contributed by atoms with Gasteiger partial charge in [0.25, 0.3) is 0 Å². The fourth-order valence-corrected chi connectivity index (χ4v) is 2.37. The third kappa shape index (κ3) is 4.56. The van der Waals surface area contributed by atoms with E-state index in [2.05, 4.69) is 9.89 Å². The summed E-state index contributed by atoms with van der Waals surface area (Å²) in [6, 6.07) is 9.96. The van der Waals surface area contributed by atoms with Gasteiger partial charge >= 0.3 is 0 Å². The van der Waals surface area contributed by atoms with Crippen molar-refractivity contribution in [3.8, 4) is 0 Å². The van der Waals surface area contributed by atoms with Crippen LogP contribution < -0.4 is 5.73 Å². The third-order valence-corrected chi connectivity index (χ3v) is 3.46. The first-order valence-electron chi connectivity index (χ1n) is 7.02. The van der Waals surface area contributed by atoms with Crippen molar-refractivity contribution >= 4 is 5.96 Å². The van der Waals surface area contributed by atoms with Crippen LogP contribution in [0.15, 0.2) is 35.3 Å². The van der Waals surface area contributed by atoms with E-state index in [4.69, 9.17) is 5.73 Å². The van der Waals surface area contributed by atoms with E-state index in [9.17, 15) is 5.11 Å². The largest absolute Gasteiger partial charge is 0.391 e. The minimum absolute atomic E-state index is 0.372. The van der Waals surface area contributed by atoms with Crippen LogP contribution in [0.4, 0.5) is 0 Å². The van der Waals surface area contributed by atoms with E-state index in [-0.39, 0.29) is 0 Å². The van der Waals surface area contributed by atoms with Crippen molar-refractivity contribution < 1.29 is 5.11 Å². The lowest BCUT2D eigenvalue weighted by Crippen LogP contribution is -2.41. The first kappa shape index (κ1) is 13.9. The van der Waals surface area contributed by atoms with Gasteiger partial charge in [-0.3, -0.25) is 4.99 Å². The highest BCUT2D eigenvalue weighted by Crippen LogP contribution is 2.08. The molecule has 0 saturated carbocycles. The Morgan fingerprint density at radius 1 is 1.21 bits per heavy atom. The molecule has 19 heavy (non-hydrogen) atoms. The fraction of sp³-hybridized carbons (Fsp3) is 0.533. The standard InChI is InChI=1S/C15H23N3O/c16-15(18-9-5-2-6-10-18)17-12-14(19)11-13-7-3-1-4-8-13/h1,3-4,7-8,14,19H,2,5-6,9-12H2,(H2,16,17). The average Bonchev–Trinajstić information content (AvgIpc) is 2.47. The predicted octanol–water partition coefficient (Wildman–Crippen LogP) is 1.39. The summed E-state index contributed by atoms with van der Waals surface area (Å²) in [4.78, 5) is 6.42. The van der Waals surface area contributed by atoms with Crippen LogP contribution in [-0.4, -0.2) is 41.7 Å². The average molecular weight is 261 g/mol. The van der Waals surface area contributed by atoms with Gasteiger partial charge in [0.15, 0.2) is 5.96 Å². The first-order chi connectivity index (χ1) is 9.25. The van der Waals surface area contributed by atoms with E-state index in [1.165, 1.54) is 19.3 Å². The van der Waals surface area contributed by atoms with Gasteiger partial charge in [-0.1, -0.05) is 30.3 Å². The highest BCUT2D eigenvalue weighted by atomic mass is 16.3. The zero-order valence-corrected chi connectivity index (χ0v) is 11.3. The minimum Gasteiger partial charge on any atom is -0.391 e. The van der Waals surface area contributed by atoms with Gasteiger partial charge in [0.1, 0.15) is 0 Å². The van der Waals surface area contributed by atoms with Crippen LogP contribution in [-0.2, 0) is 6.42 Å². The molecule has 0 radical (unpaired) electrons. The van der Waals surface area contributed by atoms with Crippen LogP contribution in [0.1, 0.15) is 24.8 Å². The second kappa shape index (κ2) is 7.14. The molecule has 1 aliphatic rings. The van der Waals surface area contributed by atoms with E-state index >= 15 is 0 Å². The van der Waals surface area contributed by atoms with Gasteiger partial charge in [-0.05, 0) is 24.8 Å². The molecule has 104 valence electrons. The van der Waals surface area contributed by atoms with Crippen LogP contribution in [0, 0.1) is 0 Å². The van der Waals surface area contributed by atoms with Crippen molar-refractivity contribution in [3.05, 3.63) is 35.9 Å². The SMILES string of the molecule is NC(=NCC(O)Cc1ccccc1)N1CCCCC1. The number of aliphatic hydroxyl groups excluding tert-OH is 1. The number of hydrogen-bond acceptors (Lipinski definition) is 2. The molecule has 0 aliphatic carbocycles. The molecule has 1 aromatic carbocycles. The van der Waals surface area contributed by atoms with Gasteiger partial charge in [0.05, 0.1) is 12.6 Å². The van der Waals surface area contributed by atoms with E-state index in [0.717, 1.165) is 18.7 Å². The molecule has 0 amide bonds. The van der Waals surface area contributed by atoms with Gasteiger partial charge in [0.2, 0.25) is 0 Å². The number of rotatable bonds is 4. The predicted molar refractivity (Wildman–Crippen MR) is 78.1 cm³/mol. The number of benzene rings is 1. The Morgan fingerprint density at radius 2 is 1.89 bits per heavy atom. The van der Waals surface area contributed by atoms with Crippen LogP contribution in [0.5, 0.6) is 0 Å². The fourth-order valence-electron chi connectivity index (χ4n) is 2.37. The zero-order chi connectivity index (χ0) is 13.5. The number of nitrogens with zero attached hydrogens (tertiary/aromatic N) is 2. The lowest BCUT2D eigenvalue weighted by Gasteiger charge is -2.27. The van der Waals surface area contributed by atoms with Crippen LogP contribution in [0.25, 0.3) is 0 Å². The summed E-state index contributed by atoms with van der Waals surface area (Å²) in [5.41, 5.74) is 7.08. The van der Waals surface area contributed by atoms with Crippen molar-refractivity contribution in [1.82, 2.24) is 4.90 Å². The number of guanidine groups is 1. The Kier molecular flexibility index (Phi) is 5.21. The second-order valence-corrected chi connectivity index (χ2v) is 5.09. The molecule has 2 rings (SSSR count). The van der Waals surface area contributed by atoms with E-state index < -0.39 is 6.10 Å². The molecule has 1 fully saturated rings. The maximum Gasteiger partial charge on any atom is 0.191 e. The molecular formula is C15H23N3O. The smallest absolute Gasteiger partial charge is 0.191 e. The first-order valence-corrected chi connectivity index (χ1v) is 7.02. The molecule has 0 spiro atoms. The Labute approximate surface area is 114 Å². The summed E-state index contributed by atoms with van der Waals surface area (Å²) in [5, 5.41) is 9.97. The lowest BCUT2D eigenvalue weighted by atomic mass is 10.1. The number of aliphatic hydroxyl groups is 1. The number of likely N-dealkylation sites (tertiary alicyclic amines) is 1. The topological polar surface area (TPSA) is 61.9 Å². The summed E-state index contributed by atoms with van der Waals surface area (Å²) in [6.45, 7) is 2.35. The number of piperidine rings is 1. The number of hydrogen-bond donors (Lipinski definition) is 2. The van der Waals surface area contributed by atoms with Crippen molar-refractivity contribution in [3.63, 3.8) is 0 Å². The molecule has 1 aliphatic heterocycles. The Bertz CT molecular complexity index is 399. The number of aliphatic imine (C=N–C) groups is 1. The Morgan fingerprint density at radius 3 is 2.58 bits per heavy atom. The molecule has 0 aromatic heterocycles. The van der Waals surface area contributed by atoms with Gasteiger partial charge in [-0.15, -0.1) is 0 Å². The Hall–Kier alpha value is -1.55. The van der Waals surface area contributed by atoms with Crippen molar-refractivity contribution in [2.45, 2.75) is 31.8 Å². The molecule has 1 saturated heterocycles. The van der Waals surface area contributed by atoms with E-state index in [1.807, 2.05) is 30.3 Å². The molecular weight excluding hydrogens is 238 g/mol. The molecule has 1 unspecified atom stereocenters. The van der Waals surface area contributed by atoms with Gasteiger partial charge in [-0.25, -0.2) is 0 Å². The number of nitrogens with two attached hydrogens (primary N) is 1. The maximum atomic E-state index is 9.97. The molecule has 0 bridgehead atoms. The van der Waals surface area contributed by atoms with Crippen LogP contribution >= 0.6 is 0 Å². The molecule has 4 nitrogen and oxygen atoms in total. The second-order valence-electron chi connectivity index (χ2n) is 5.09. The summed E-state index contributed by atoms with van der Waals surface area (Å²) in [5.74, 6) is 0.576. The molecule has 1 heterocycles. The van der Waals surface area contributed by atoms with Crippen molar-refractivity contribution in [1.29, 1.82) is 0 Å². The highest BCUT2D eigenvalue weighted by molar-refractivity contribution is 5.78. The Balaban J connectivity index is 1.80. The summed E-state index contributed by atoms with van der Waals surface area (Å²) in [6.07, 6.45) is 3.80. The normalized spacial score (nSPS) is 18.4. The monoisotopic (exact) mass is 261 g/mol. The summed E-state index contributed by atoms with van der Waals surface area (Å²) < 4.78 is 0. The molecule has 3 N–H and O–H groups in total. The highest BCUT2D eigenvalue weighted by Gasteiger charge is 2.12. The summed E-state index contributed by atoms with van der Waals surface area (Å²) >= 11 is 0. The molecule has 1 aromatic rings. The van der Waals surface area contributed by atoms with Gasteiger partial charge in [0, 0.05) is 19.5 Å². The molecule has 1 atom stereocenters. The molecule has 4 heteroatoms. The zero-order valence-electron chi connectivity index (χ0n) is 11.3. The van der Waals surface area contributed by atoms with Crippen molar-refractivity contribution in [2.24, 2.45) is 10.7 Å².